The summed E-state index contributed by atoms with van der Waals surface area (Å²) in [4.78, 5) is 5.55. The van der Waals surface area contributed by atoms with Crippen LogP contribution < -0.4 is 4.74 Å². The van der Waals surface area contributed by atoms with Crippen LogP contribution in [0.15, 0.2) is 52.4 Å². The first-order valence-electron chi connectivity index (χ1n) is 5.53. The van der Waals surface area contributed by atoms with Crippen molar-refractivity contribution in [3.63, 3.8) is 0 Å². The van der Waals surface area contributed by atoms with Gasteiger partial charge in [-0.1, -0.05) is 18.2 Å². The first-order valence-corrected chi connectivity index (χ1v) is 7.20. The molecule has 0 aliphatic rings. The lowest BCUT2D eigenvalue weighted by molar-refractivity contribution is 0.312. The molecule has 0 saturated carbocycles. The maximum absolute atomic E-state index is 5.86. The third kappa shape index (κ3) is 2.26. The number of pyridine rings is 1. The Morgan fingerprint density at radius 2 is 2.06 bits per heavy atom. The van der Waals surface area contributed by atoms with Crippen LogP contribution >= 0.6 is 27.3 Å². The van der Waals surface area contributed by atoms with E-state index in [1.165, 1.54) is 4.88 Å². The molecule has 0 bridgehead atoms. The summed E-state index contributed by atoms with van der Waals surface area (Å²) in [5.74, 6) is 0.827. The highest BCUT2D eigenvalue weighted by Gasteiger charge is 2.05. The van der Waals surface area contributed by atoms with Crippen LogP contribution in [0.5, 0.6) is 5.75 Å². The number of hydrogen-bond acceptors (Lipinski definition) is 3. The van der Waals surface area contributed by atoms with Crippen LogP contribution in [-0.2, 0) is 6.61 Å². The van der Waals surface area contributed by atoms with Crippen LogP contribution in [0.1, 0.15) is 4.88 Å². The number of thiophene rings is 1. The molecular formula is C14H10BrNOS. The number of para-hydroxylation sites is 1. The average molecular weight is 320 g/mol. The van der Waals surface area contributed by atoms with Crippen LogP contribution in [0.3, 0.4) is 0 Å². The second-order valence-electron chi connectivity index (χ2n) is 3.81. The Balaban J connectivity index is 1.89. The Hall–Kier alpha value is -1.39. The van der Waals surface area contributed by atoms with Crippen molar-refractivity contribution in [3.05, 3.63) is 57.3 Å². The van der Waals surface area contributed by atoms with Crippen molar-refractivity contribution in [1.82, 2.24) is 4.98 Å². The highest BCUT2D eigenvalue weighted by Crippen LogP contribution is 2.27. The van der Waals surface area contributed by atoms with E-state index in [0.29, 0.717) is 6.61 Å². The van der Waals surface area contributed by atoms with Gasteiger partial charge in [-0.15, -0.1) is 11.3 Å². The van der Waals surface area contributed by atoms with Gasteiger partial charge in [-0.3, -0.25) is 4.98 Å². The SMILES string of the molecule is Brc1ccsc1COc1cccc2cccnc12. The molecule has 2 nitrogen and oxygen atoms in total. The van der Waals surface area contributed by atoms with Gasteiger partial charge in [0.2, 0.25) is 0 Å². The highest BCUT2D eigenvalue weighted by molar-refractivity contribution is 9.10. The predicted molar refractivity (Wildman–Crippen MR) is 78.1 cm³/mol. The van der Waals surface area contributed by atoms with Gasteiger partial charge in [-0.05, 0) is 39.5 Å². The molecule has 18 heavy (non-hydrogen) atoms. The molecule has 0 atom stereocenters. The van der Waals surface area contributed by atoms with Crippen molar-refractivity contribution >= 4 is 38.2 Å². The Bertz CT molecular complexity index is 675. The van der Waals surface area contributed by atoms with E-state index in [9.17, 15) is 0 Å². The number of hydrogen-bond donors (Lipinski definition) is 0. The van der Waals surface area contributed by atoms with E-state index in [-0.39, 0.29) is 0 Å². The molecule has 0 aliphatic carbocycles. The van der Waals surface area contributed by atoms with Gasteiger partial charge in [0.15, 0.2) is 0 Å². The minimum atomic E-state index is 0.563. The van der Waals surface area contributed by atoms with Crippen LogP contribution in [0.2, 0.25) is 0 Å². The number of halogens is 1. The second-order valence-corrected chi connectivity index (χ2v) is 5.67. The molecule has 3 aromatic rings. The summed E-state index contributed by atoms with van der Waals surface area (Å²) in [5.41, 5.74) is 0.910. The highest BCUT2D eigenvalue weighted by atomic mass is 79.9. The van der Waals surface area contributed by atoms with Crippen LogP contribution in [0.25, 0.3) is 10.9 Å². The van der Waals surface area contributed by atoms with Crippen molar-refractivity contribution in [3.8, 4) is 5.75 Å². The topological polar surface area (TPSA) is 22.1 Å². The number of benzene rings is 1. The molecule has 0 N–H and O–H groups in total. The second kappa shape index (κ2) is 5.08. The normalized spacial score (nSPS) is 10.7. The maximum Gasteiger partial charge on any atom is 0.146 e. The fourth-order valence-electron chi connectivity index (χ4n) is 1.76. The zero-order valence-electron chi connectivity index (χ0n) is 9.47. The summed E-state index contributed by atoms with van der Waals surface area (Å²) in [7, 11) is 0. The van der Waals surface area contributed by atoms with Crippen molar-refractivity contribution in [1.29, 1.82) is 0 Å². The smallest absolute Gasteiger partial charge is 0.146 e. The third-order valence-corrected chi connectivity index (χ3v) is 4.55. The number of ether oxygens (including phenoxy) is 1. The fraction of sp³-hybridized carbons (Fsp3) is 0.0714. The Labute approximate surface area is 117 Å². The predicted octanol–water partition coefficient (Wildman–Crippen LogP) is 4.64. The maximum atomic E-state index is 5.86. The number of fused-ring (bicyclic) bond motifs is 1. The summed E-state index contributed by atoms with van der Waals surface area (Å²) in [6.45, 7) is 0.563. The molecule has 4 heteroatoms. The van der Waals surface area contributed by atoms with Crippen molar-refractivity contribution in [2.24, 2.45) is 0 Å². The van der Waals surface area contributed by atoms with E-state index in [2.05, 4.69) is 20.9 Å². The number of rotatable bonds is 3. The number of nitrogens with zero attached hydrogens (tertiary/aromatic N) is 1. The lowest BCUT2D eigenvalue weighted by Gasteiger charge is -2.07. The van der Waals surface area contributed by atoms with Crippen molar-refractivity contribution < 1.29 is 4.74 Å². The van der Waals surface area contributed by atoms with Crippen molar-refractivity contribution in [2.45, 2.75) is 6.61 Å². The summed E-state index contributed by atoms with van der Waals surface area (Å²) >= 11 is 5.19. The largest absolute Gasteiger partial charge is 0.486 e. The Morgan fingerprint density at radius 1 is 1.17 bits per heavy atom. The van der Waals surface area contributed by atoms with E-state index < -0.39 is 0 Å². The zero-order valence-corrected chi connectivity index (χ0v) is 11.9. The molecule has 0 amide bonds. The third-order valence-electron chi connectivity index (χ3n) is 2.65. The molecule has 2 heterocycles. The number of aromatic nitrogens is 1. The van der Waals surface area contributed by atoms with Crippen LogP contribution in [0.4, 0.5) is 0 Å². The molecular weight excluding hydrogens is 310 g/mol. The minimum Gasteiger partial charge on any atom is -0.486 e. The van der Waals surface area contributed by atoms with Gasteiger partial charge < -0.3 is 4.74 Å². The molecule has 0 aliphatic heterocycles. The van der Waals surface area contributed by atoms with Gasteiger partial charge in [0.25, 0.3) is 0 Å². The summed E-state index contributed by atoms with van der Waals surface area (Å²) in [6.07, 6.45) is 1.79. The Morgan fingerprint density at radius 3 is 2.89 bits per heavy atom. The molecule has 0 radical (unpaired) electrons. The summed E-state index contributed by atoms with van der Waals surface area (Å²) < 4.78 is 6.96. The molecule has 0 unspecified atom stereocenters. The molecule has 90 valence electrons. The monoisotopic (exact) mass is 319 g/mol. The average Bonchev–Trinajstić information content (AvgIpc) is 2.82. The van der Waals surface area contributed by atoms with E-state index >= 15 is 0 Å². The Kier molecular flexibility index (Phi) is 3.30. The van der Waals surface area contributed by atoms with Gasteiger partial charge in [0.1, 0.15) is 17.9 Å². The molecule has 2 aromatic heterocycles. The first kappa shape index (κ1) is 11.7. The fourth-order valence-corrected chi connectivity index (χ4v) is 3.14. The minimum absolute atomic E-state index is 0.563. The first-order chi connectivity index (χ1) is 8.84. The van der Waals surface area contributed by atoms with Gasteiger partial charge >= 0.3 is 0 Å². The standard InChI is InChI=1S/C14H10BrNOS/c15-11-6-8-18-13(11)9-17-12-5-1-3-10-4-2-7-16-14(10)12/h1-8H,9H2. The summed E-state index contributed by atoms with van der Waals surface area (Å²) in [5, 5.41) is 3.14. The quantitative estimate of drug-likeness (QED) is 0.701. The van der Waals surface area contributed by atoms with Gasteiger partial charge in [-0.25, -0.2) is 0 Å². The van der Waals surface area contributed by atoms with Crippen LogP contribution in [-0.4, -0.2) is 4.98 Å². The van der Waals surface area contributed by atoms with E-state index in [1.807, 2.05) is 41.8 Å². The molecule has 3 rings (SSSR count). The van der Waals surface area contributed by atoms with Crippen LogP contribution in [0, 0.1) is 0 Å². The van der Waals surface area contributed by atoms with Crippen molar-refractivity contribution in [2.75, 3.05) is 0 Å². The zero-order chi connectivity index (χ0) is 12.4. The lowest BCUT2D eigenvalue weighted by Crippen LogP contribution is -1.95. The van der Waals surface area contributed by atoms with E-state index in [1.54, 1.807) is 17.5 Å². The summed E-state index contributed by atoms with van der Waals surface area (Å²) in [6, 6.07) is 12.0. The molecule has 1 aromatic carbocycles. The van der Waals surface area contributed by atoms with E-state index in [4.69, 9.17) is 4.74 Å². The van der Waals surface area contributed by atoms with Gasteiger partial charge in [-0.2, -0.15) is 0 Å². The van der Waals surface area contributed by atoms with Gasteiger partial charge in [0.05, 0.1) is 4.88 Å². The van der Waals surface area contributed by atoms with E-state index in [0.717, 1.165) is 21.1 Å². The lowest BCUT2D eigenvalue weighted by atomic mass is 10.2. The molecule has 0 spiro atoms. The molecule has 0 saturated heterocycles. The molecule has 0 fully saturated rings. The van der Waals surface area contributed by atoms with Gasteiger partial charge in [0, 0.05) is 16.1 Å².